The van der Waals surface area contributed by atoms with Gasteiger partial charge in [0.2, 0.25) is 5.89 Å². The molecule has 0 bridgehead atoms. The fourth-order valence-corrected chi connectivity index (χ4v) is 8.74. The van der Waals surface area contributed by atoms with Crippen molar-refractivity contribution in [3.05, 3.63) is 200 Å². The number of aromatic nitrogens is 2. The Hall–Kier alpha value is -7.89. The fourth-order valence-electron chi connectivity index (χ4n) is 8.74. The lowest BCUT2D eigenvalue weighted by atomic mass is 9.97. The van der Waals surface area contributed by atoms with Crippen LogP contribution in [0, 0.1) is 0 Å². The molecule has 0 atom stereocenters. The molecule has 0 aliphatic carbocycles. The molecule has 0 amide bonds. The Bertz CT molecular complexity index is 3510. The van der Waals surface area contributed by atoms with Crippen LogP contribution < -0.4 is 4.90 Å². The second kappa shape index (κ2) is 12.8. The van der Waals surface area contributed by atoms with E-state index >= 15 is 0 Å². The molecule has 3 aromatic heterocycles. The number of nitrogens with zero attached hydrogens (tertiary/aromatic N) is 3. The minimum absolute atomic E-state index is 0.627. The van der Waals surface area contributed by atoms with Crippen molar-refractivity contribution in [2.45, 2.75) is 0 Å². The minimum Gasteiger partial charge on any atom is -0.456 e. The molecule has 272 valence electrons. The summed E-state index contributed by atoms with van der Waals surface area (Å²) in [6.45, 7) is 0. The van der Waals surface area contributed by atoms with Crippen molar-refractivity contribution in [3.8, 4) is 28.3 Å². The van der Waals surface area contributed by atoms with Gasteiger partial charge < -0.3 is 18.3 Å². The maximum Gasteiger partial charge on any atom is 0.227 e. The first-order valence-corrected chi connectivity index (χ1v) is 19.5. The number of furan rings is 1. The van der Waals surface area contributed by atoms with Gasteiger partial charge >= 0.3 is 0 Å². The van der Waals surface area contributed by atoms with Crippen LogP contribution in [0.15, 0.2) is 209 Å². The highest BCUT2D eigenvalue weighted by Gasteiger charge is 2.20. The van der Waals surface area contributed by atoms with Gasteiger partial charge in [-0.05, 0) is 101 Å². The van der Waals surface area contributed by atoms with Crippen molar-refractivity contribution in [1.82, 2.24) is 9.55 Å². The second-order valence-corrected chi connectivity index (χ2v) is 14.8. The zero-order valence-corrected chi connectivity index (χ0v) is 31.2. The molecule has 0 aliphatic heterocycles. The standard InChI is InChI=1S/C53H33N3O2/c1-3-12-35(13-4-1)53-54-47-30-29-41-40(18-11-19-45(41)52(47)58-53)34-22-24-37(25-23-34)55(38-27-31-51-46(32-38)44-17-8-10-21-50(44)57-51)39-26-28-43-42-16-7-9-20-48(42)56(49(43)33-39)36-14-5-2-6-15-36/h1-33H. The summed E-state index contributed by atoms with van der Waals surface area (Å²) in [6, 6.07) is 70.5. The third-order valence-corrected chi connectivity index (χ3v) is 11.4. The number of hydrogen-bond acceptors (Lipinski definition) is 4. The third-order valence-electron chi connectivity index (χ3n) is 11.4. The molecule has 0 N–H and O–H groups in total. The first-order valence-electron chi connectivity index (χ1n) is 19.5. The predicted octanol–water partition coefficient (Wildman–Crippen LogP) is 14.8. The van der Waals surface area contributed by atoms with E-state index in [1.54, 1.807) is 0 Å². The number of oxazole rings is 1. The number of anilines is 3. The van der Waals surface area contributed by atoms with Crippen LogP contribution in [0.2, 0.25) is 0 Å². The van der Waals surface area contributed by atoms with Gasteiger partial charge in [-0.2, -0.15) is 0 Å². The SMILES string of the molecule is c1ccc(-c2nc3ccc4c(-c5ccc(N(c6ccc7oc8ccccc8c7c6)c6ccc7c8ccccc8n(-c8ccccc8)c7c6)cc5)cccc4c3o2)cc1. The van der Waals surface area contributed by atoms with Crippen LogP contribution in [0.4, 0.5) is 17.1 Å². The average Bonchev–Trinajstić information content (AvgIpc) is 3.99. The van der Waals surface area contributed by atoms with Gasteiger partial charge in [0.05, 0.1) is 11.0 Å². The average molecular weight is 744 g/mol. The molecule has 0 saturated heterocycles. The quantitative estimate of drug-likeness (QED) is 0.170. The van der Waals surface area contributed by atoms with Gasteiger partial charge in [-0.1, -0.05) is 115 Å². The predicted molar refractivity (Wildman–Crippen MR) is 239 cm³/mol. The molecule has 3 heterocycles. The largest absolute Gasteiger partial charge is 0.456 e. The molecule has 0 fully saturated rings. The van der Waals surface area contributed by atoms with Crippen molar-refractivity contribution >= 4 is 82.7 Å². The van der Waals surface area contributed by atoms with Gasteiger partial charge in [0, 0.05) is 55.2 Å². The third kappa shape index (κ3) is 5.07. The van der Waals surface area contributed by atoms with Crippen LogP contribution >= 0.6 is 0 Å². The monoisotopic (exact) mass is 743 g/mol. The lowest BCUT2D eigenvalue weighted by molar-refractivity contribution is 0.623. The molecule has 5 heteroatoms. The number of benzene rings is 9. The summed E-state index contributed by atoms with van der Waals surface area (Å²) >= 11 is 0. The number of fused-ring (bicyclic) bond motifs is 9. The van der Waals surface area contributed by atoms with Crippen LogP contribution in [0.1, 0.15) is 0 Å². The summed E-state index contributed by atoms with van der Waals surface area (Å²) in [5.74, 6) is 0.627. The summed E-state index contributed by atoms with van der Waals surface area (Å²) in [4.78, 5) is 7.18. The highest BCUT2D eigenvalue weighted by atomic mass is 16.3. The molecule has 0 aliphatic rings. The van der Waals surface area contributed by atoms with E-state index in [-0.39, 0.29) is 0 Å². The van der Waals surface area contributed by atoms with Crippen molar-refractivity contribution < 1.29 is 8.83 Å². The Morgan fingerprint density at radius 2 is 1.05 bits per heavy atom. The molecule has 5 nitrogen and oxygen atoms in total. The van der Waals surface area contributed by atoms with E-state index in [1.807, 2.05) is 42.5 Å². The molecule has 0 saturated carbocycles. The molecular formula is C53H33N3O2. The normalized spacial score (nSPS) is 11.8. The molecule has 0 unspecified atom stereocenters. The van der Waals surface area contributed by atoms with Gasteiger partial charge in [0.1, 0.15) is 16.7 Å². The summed E-state index contributed by atoms with van der Waals surface area (Å²) in [6.07, 6.45) is 0. The van der Waals surface area contributed by atoms with Gasteiger partial charge in [-0.25, -0.2) is 4.98 Å². The summed E-state index contributed by atoms with van der Waals surface area (Å²) in [7, 11) is 0. The van der Waals surface area contributed by atoms with Crippen LogP contribution in [-0.4, -0.2) is 9.55 Å². The van der Waals surface area contributed by atoms with E-state index in [1.165, 1.54) is 16.3 Å². The van der Waals surface area contributed by atoms with Crippen LogP contribution in [0.5, 0.6) is 0 Å². The molecule has 9 aromatic carbocycles. The van der Waals surface area contributed by atoms with Gasteiger partial charge in [0.15, 0.2) is 5.58 Å². The van der Waals surface area contributed by atoms with Gasteiger partial charge in [-0.15, -0.1) is 0 Å². The van der Waals surface area contributed by atoms with Crippen LogP contribution in [-0.2, 0) is 0 Å². The second-order valence-electron chi connectivity index (χ2n) is 14.8. The van der Waals surface area contributed by atoms with Crippen molar-refractivity contribution in [3.63, 3.8) is 0 Å². The van der Waals surface area contributed by atoms with E-state index in [2.05, 4.69) is 167 Å². The van der Waals surface area contributed by atoms with Crippen molar-refractivity contribution in [1.29, 1.82) is 0 Å². The molecular weight excluding hydrogens is 711 g/mol. The Kier molecular flexibility index (Phi) is 7.16. The van der Waals surface area contributed by atoms with Crippen LogP contribution in [0.25, 0.3) is 93.9 Å². The van der Waals surface area contributed by atoms with E-state index in [0.717, 1.165) is 88.8 Å². The summed E-state index contributed by atoms with van der Waals surface area (Å²) < 4.78 is 15.1. The Morgan fingerprint density at radius 1 is 0.397 bits per heavy atom. The van der Waals surface area contributed by atoms with Crippen molar-refractivity contribution in [2.75, 3.05) is 4.90 Å². The Labute approximate surface area is 333 Å². The molecule has 12 rings (SSSR count). The first kappa shape index (κ1) is 32.4. The fraction of sp³-hybridized carbons (Fsp3) is 0. The lowest BCUT2D eigenvalue weighted by Gasteiger charge is -2.26. The molecule has 0 radical (unpaired) electrons. The lowest BCUT2D eigenvalue weighted by Crippen LogP contribution is -2.10. The highest BCUT2D eigenvalue weighted by molar-refractivity contribution is 6.12. The summed E-state index contributed by atoms with van der Waals surface area (Å²) in [5.41, 5.74) is 13.2. The zero-order valence-electron chi connectivity index (χ0n) is 31.2. The molecule has 12 aromatic rings. The van der Waals surface area contributed by atoms with Crippen molar-refractivity contribution in [2.24, 2.45) is 0 Å². The van der Waals surface area contributed by atoms with E-state index in [9.17, 15) is 0 Å². The van der Waals surface area contributed by atoms with E-state index in [4.69, 9.17) is 13.8 Å². The van der Waals surface area contributed by atoms with Crippen LogP contribution in [0.3, 0.4) is 0 Å². The number of para-hydroxylation sites is 3. The van der Waals surface area contributed by atoms with Gasteiger partial charge in [-0.3, -0.25) is 0 Å². The minimum atomic E-state index is 0.627. The summed E-state index contributed by atoms with van der Waals surface area (Å²) in [5, 5.41) is 6.78. The molecule has 0 spiro atoms. The van der Waals surface area contributed by atoms with E-state index in [0.29, 0.717) is 5.89 Å². The maximum absolute atomic E-state index is 6.42. The van der Waals surface area contributed by atoms with Gasteiger partial charge in [0.25, 0.3) is 0 Å². The Morgan fingerprint density at radius 3 is 1.91 bits per heavy atom. The number of rotatable bonds is 6. The topological polar surface area (TPSA) is 47.3 Å². The smallest absolute Gasteiger partial charge is 0.227 e. The highest BCUT2D eigenvalue weighted by Crippen LogP contribution is 2.43. The molecule has 58 heavy (non-hydrogen) atoms. The maximum atomic E-state index is 6.42. The Balaban J connectivity index is 1.02. The number of hydrogen-bond donors (Lipinski definition) is 0. The zero-order chi connectivity index (χ0) is 38.2. The first-order chi connectivity index (χ1) is 28.7. The van der Waals surface area contributed by atoms with E-state index < -0.39 is 0 Å².